The van der Waals surface area contributed by atoms with Crippen molar-refractivity contribution in [2.75, 3.05) is 5.32 Å². The molecule has 0 spiro atoms. The third kappa shape index (κ3) is 3.73. The molecule has 1 aromatic carbocycles. The predicted octanol–water partition coefficient (Wildman–Crippen LogP) is 5.30. The molecule has 1 N–H and O–H groups in total. The molecule has 0 saturated carbocycles. The van der Waals surface area contributed by atoms with Gasteiger partial charge in [0.15, 0.2) is 28.8 Å². The van der Waals surface area contributed by atoms with E-state index in [0.717, 1.165) is 12.1 Å². The van der Waals surface area contributed by atoms with Crippen LogP contribution in [0.3, 0.4) is 0 Å². The highest BCUT2D eigenvalue weighted by molar-refractivity contribution is 9.10. The Morgan fingerprint density at radius 2 is 1.90 bits per heavy atom. The molecule has 0 aliphatic rings. The zero-order chi connectivity index (χ0) is 21.5. The number of hydrogen-bond donors (Lipinski definition) is 1. The second kappa shape index (κ2) is 7.67. The van der Waals surface area contributed by atoms with Crippen molar-refractivity contribution in [1.29, 1.82) is 0 Å². The summed E-state index contributed by atoms with van der Waals surface area (Å²) in [6.07, 6.45) is 4.25. The summed E-state index contributed by atoms with van der Waals surface area (Å²) in [4.78, 5) is 16.4. The first kappa shape index (κ1) is 19.5. The number of anilines is 2. The zero-order valence-corrected chi connectivity index (χ0v) is 17.6. The first-order valence-corrected chi connectivity index (χ1v) is 9.85. The van der Waals surface area contributed by atoms with Crippen LogP contribution in [-0.4, -0.2) is 29.5 Å². The van der Waals surface area contributed by atoms with E-state index in [1.807, 2.05) is 0 Å². The summed E-state index contributed by atoms with van der Waals surface area (Å²) < 4.78 is 36.9. The first-order valence-electron chi connectivity index (χ1n) is 8.68. The highest BCUT2D eigenvalue weighted by Crippen LogP contribution is 2.32. The van der Waals surface area contributed by atoms with E-state index in [4.69, 9.17) is 16.3 Å². The molecule has 4 aromatic heterocycles. The van der Waals surface area contributed by atoms with Crippen LogP contribution in [-0.2, 0) is 0 Å². The summed E-state index contributed by atoms with van der Waals surface area (Å²) >= 11 is 9.31. The van der Waals surface area contributed by atoms with Gasteiger partial charge in [0, 0.05) is 24.4 Å². The minimum absolute atomic E-state index is 0.154. The zero-order valence-electron chi connectivity index (χ0n) is 15.2. The molecule has 31 heavy (non-hydrogen) atoms. The lowest BCUT2D eigenvalue weighted by atomic mass is 10.2. The summed E-state index contributed by atoms with van der Waals surface area (Å²) in [5, 5.41) is 6.88. The van der Waals surface area contributed by atoms with Gasteiger partial charge in [-0.15, -0.1) is 0 Å². The van der Waals surface area contributed by atoms with Crippen molar-refractivity contribution in [2.45, 2.75) is 0 Å². The van der Waals surface area contributed by atoms with Crippen LogP contribution in [0.4, 0.5) is 20.3 Å². The molecule has 12 heteroatoms. The molecular formula is C19H9BrClF2N7O. The Labute approximate surface area is 186 Å². The van der Waals surface area contributed by atoms with Gasteiger partial charge in [-0.1, -0.05) is 11.6 Å². The third-order valence-electron chi connectivity index (χ3n) is 4.28. The van der Waals surface area contributed by atoms with E-state index in [9.17, 15) is 8.78 Å². The highest BCUT2D eigenvalue weighted by Gasteiger charge is 2.16. The average molecular weight is 505 g/mol. The van der Waals surface area contributed by atoms with E-state index < -0.39 is 11.6 Å². The van der Waals surface area contributed by atoms with Gasteiger partial charge in [-0.3, -0.25) is 0 Å². The standard InChI is InChI=1S/C19H9BrClF2N7O/c20-10-4-14-17(29-18(10)21)19(26-7-24-14)28-13-5-12(23)15(6-11(13)22)31-9-1-2-30-16(3-9)25-8-27-30/h1-8H,(H,24,26,28). The lowest BCUT2D eigenvalue weighted by molar-refractivity contribution is 0.437. The van der Waals surface area contributed by atoms with Gasteiger partial charge in [-0.2, -0.15) is 5.10 Å². The predicted molar refractivity (Wildman–Crippen MR) is 113 cm³/mol. The molecule has 0 unspecified atom stereocenters. The largest absolute Gasteiger partial charge is 0.454 e. The molecule has 5 rings (SSSR count). The molecule has 0 amide bonds. The summed E-state index contributed by atoms with van der Waals surface area (Å²) in [6, 6.07) is 6.67. The van der Waals surface area contributed by atoms with Gasteiger partial charge < -0.3 is 10.1 Å². The number of pyridine rings is 2. The fraction of sp³-hybridized carbons (Fsp3) is 0. The van der Waals surface area contributed by atoms with Crippen molar-refractivity contribution >= 4 is 55.7 Å². The number of ether oxygens (including phenoxy) is 1. The van der Waals surface area contributed by atoms with Gasteiger partial charge >= 0.3 is 0 Å². The van der Waals surface area contributed by atoms with Crippen molar-refractivity contribution in [2.24, 2.45) is 0 Å². The summed E-state index contributed by atoms with van der Waals surface area (Å²) in [5.74, 6) is -1.37. The number of aromatic nitrogens is 6. The van der Waals surface area contributed by atoms with Crippen LogP contribution in [0.15, 0.2) is 53.7 Å². The van der Waals surface area contributed by atoms with Crippen LogP contribution >= 0.6 is 27.5 Å². The van der Waals surface area contributed by atoms with E-state index in [1.165, 1.54) is 17.2 Å². The monoisotopic (exact) mass is 503 g/mol. The normalized spacial score (nSPS) is 11.2. The van der Waals surface area contributed by atoms with Crippen LogP contribution in [0.25, 0.3) is 16.7 Å². The maximum Gasteiger partial charge on any atom is 0.168 e. The van der Waals surface area contributed by atoms with Crippen LogP contribution in [0.2, 0.25) is 5.15 Å². The van der Waals surface area contributed by atoms with E-state index >= 15 is 0 Å². The number of nitrogens with one attached hydrogen (secondary N) is 1. The van der Waals surface area contributed by atoms with E-state index in [1.54, 1.807) is 24.4 Å². The number of benzene rings is 1. The molecule has 0 atom stereocenters. The number of nitrogens with zero attached hydrogens (tertiary/aromatic N) is 6. The number of hydrogen-bond acceptors (Lipinski definition) is 7. The van der Waals surface area contributed by atoms with Crippen molar-refractivity contribution in [1.82, 2.24) is 29.5 Å². The molecule has 0 saturated heterocycles. The van der Waals surface area contributed by atoms with Crippen LogP contribution < -0.4 is 10.1 Å². The molecule has 4 heterocycles. The molecule has 0 fully saturated rings. The lowest BCUT2D eigenvalue weighted by Gasteiger charge is -2.12. The fourth-order valence-electron chi connectivity index (χ4n) is 2.85. The van der Waals surface area contributed by atoms with E-state index in [-0.39, 0.29) is 28.2 Å². The fourth-order valence-corrected chi connectivity index (χ4v) is 3.29. The van der Waals surface area contributed by atoms with E-state index in [0.29, 0.717) is 21.2 Å². The molecule has 0 radical (unpaired) electrons. The highest BCUT2D eigenvalue weighted by atomic mass is 79.9. The maximum absolute atomic E-state index is 14.7. The second-order valence-corrected chi connectivity index (χ2v) is 7.48. The van der Waals surface area contributed by atoms with Gasteiger partial charge in [-0.05, 0) is 28.1 Å². The van der Waals surface area contributed by atoms with Crippen molar-refractivity contribution in [3.8, 4) is 11.5 Å². The van der Waals surface area contributed by atoms with Crippen molar-refractivity contribution in [3.05, 3.63) is 70.4 Å². The summed E-state index contributed by atoms with van der Waals surface area (Å²) in [5.41, 5.74) is 1.12. The topological polar surface area (TPSA) is 90.1 Å². The Bertz CT molecular complexity index is 1460. The maximum atomic E-state index is 14.7. The Morgan fingerprint density at radius 1 is 1.03 bits per heavy atom. The summed E-state index contributed by atoms with van der Waals surface area (Å²) in [7, 11) is 0. The van der Waals surface area contributed by atoms with Crippen LogP contribution in [0, 0.1) is 11.6 Å². The Kier molecular flexibility index (Phi) is 4.83. The number of halogens is 4. The Balaban J connectivity index is 1.47. The van der Waals surface area contributed by atoms with E-state index in [2.05, 4.69) is 46.3 Å². The first-order chi connectivity index (χ1) is 15.0. The molecule has 0 aliphatic carbocycles. The minimum Gasteiger partial charge on any atom is -0.454 e. The van der Waals surface area contributed by atoms with Gasteiger partial charge in [0.05, 0.1) is 15.7 Å². The van der Waals surface area contributed by atoms with Crippen molar-refractivity contribution < 1.29 is 13.5 Å². The lowest BCUT2D eigenvalue weighted by Crippen LogP contribution is -2.01. The smallest absolute Gasteiger partial charge is 0.168 e. The SMILES string of the molecule is Fc1cc(Oc2ccn3ncnc3c2)c(F)cc1Nc1ncnc2cc(Br)c(Cl)nc12. The molecule has 8 nitrogen and oxygen atoms in total. The Morgan fingerprint density at radius 3 is 2.77 bits per heavy atom. The second-order valence-electron chi connectivity index (χ2n) is 6.27. The summed E-state index contributed by atoms with van der Waals surface area (Å²) in [6.45, 7) is 0. The van der Waals surface area contributed by atoms with Gasteiger partial charge in [0.1, 0.15) is 29.1 Å². The minimum atomic E-state index is -0.780. The molecular weight excluding hydrogens is 496 g/mol. The number of fused-ring (bicyclic) bond motifs is 2. The van der Waals surface area contributed by atoms with Gasteiger partial charge in [0.2, 0.25) is 0 Å². The molecule has 0 aliphatic heterocycles. The molecule has 5 aromatic rings. The molecule has 154 valence electrons. The quantitative estimate of drug-likeness (QED) is 0.332. The average Bonchev–Trinajstić information content (AvgIpc) is 3.21. The number of rotatable bonds is 4. The van der Waals surface area contributed by atoms with Crippen LogP contribution in [0.1, 0.15) is 0 Å². The van der Waals surface area contributed by atoms with Crippen molar-refractivity contribution in [3.63, 3.8) is 0 Å². The van der Waals surface area contributed by atoms with Gasteiger partial charge in [-0.25, -0.2) is 33.2 Å². The third-order valence-corrected chi connectivity index (χ3v) is 5.40. The van der Waals surface area contributed by atoms with Gasteiger partial charge in [0.25, 0.3) is 0 Å². The Hall–Kier alpha value is -3.44. The molecule has 0 bridgehead atoms. The van der Waals surface area contributed by atoms with Crippen LogP contribution in [0.5, 0.6) is 11.5 Å².